The molecule has 0 bridgehead atoms. The van der Waals surface area contributed by atoms with Gasteiger partial charge in [-0.05, 0) is 34.4 Å². The first kappa shape index (κ1) is 23.0. The maximum atomic E-state index is 12.1. The van der Waals surface area contributed by atoms with E-state index in [1.165, 1.54) is 32.1 Å². The second-order valence-corrected chi connectivity index (χ2v) is 7.88. The molecule has 1 aliphatic rings. The highest BCUT2D eigenvalue weighted by atomic mass is 31.2. The largest absolute Gasteiger partial charge is 0.532 e. The molecule has 0 saturated carbocycles. The van der Waals surface area contributed by atoms with Crippen molar-refractivity contribution < 1.29 is 43.3 Å². The SMILES string of the molecule is CC(C)CCCCCCCCCOOP1(=O)OOOOOCC(C)O1. The van der Waals surface area contributed by atoms with Gasteiger partial charge in [-0.15, -0.1) is 4.67 Å². The van der Waals surface area contributed by atoms with Crippen LogP contribution >= 0.6 is 7.82 Å². The first-order chi connectivity index (χ1) is 12.0. The van der Waals surface area contributed by atoms with Gasteiger partial charge in [0, 0.05) is 0 Å². The van der Waals surface area contributed by atoms with Crippen LogP contribution in [-0.2, 0) is 43.3 Å². The number of unbranched alkanes of at least 4 members (excludes halogenated alkanes) is 6. The van der Waals surface area contributed by atoms with Gasteiger partial charge < -0.3 is 0 Å². The Morgan fingerprint density at radius 1 is 1.00 bits per heavy atom. The molecule has 10 heteroatoms. The average molecular weight is 386 g/mol. The fourth-order valence-electron chi connectivity index (χ4n) is 2.20. The highest BCUT2D eigenvalue weighted by Gasteiger charge is 2.35. The van der Waals surface area contributed by atoms with Gasteiger partial charge in [-0.1, -0.05) is 63.5 Å². The zero-order valence-electron chi connectivity index (χ0n) is 15.3. The Labute approximate surface area is 149 Å². The Morgan fingerprint density at radius 3 is 2.40 bits per heavy atom. The molecule has 0 radical (unpaired) electrons. The molecule has 1 aliphatic heterocycles. The molecule has 0 spiro atoms. The minimum atomic E-state index is -4.08. The van der Waals surface area contributed by atoms with E-state index in [-0.39, 0.29) is 13.2 Å². The zero-order chi connectivity index (χ0) is 18.4. The summed E-state index contributed by atoms with van der Waals surface area (Å²) in [5.74, 6) is 0.791. The molecule has 1 saturated heterocycles. The van der Waals surface area contributed by atoms with E-state index in [9.17, 15) is 4.57 Å². The molecule has 0 aromatic heterocycles. The molecule has 0 aromatic carbocycles. The van der Waals surface area contributed by atoms with E-state index in [1.807, 2.05) is 0 Å². The number of hydrogen-bond acceptors (Lipinski definition) is 9. The van der Waals surface area contributed by atoms with Crippen molar-refractivity contribution in [3.05, 3.63) is 0 Å². The molecule has 2 atom stereocenters. The van der Waals surface area contributed by atoms with Gasteiger partial charge in [-0.3, -0.25) is 4.52 Å². The predicted octanol–water partition coefficient (Wildman–Crippen LogP) is 4.98. The molecule has 150 valence electrons. The van der Waals surface area contributed by atoms with E-state index in [1.54, 1.807) is 6.92 Å². The van der Waals surface area contributed by atoms with Crippen LogP contribution in [0.1, 0.15) is 72.1 Å². The third-order valence-corrected chi connectivity index (χ3v) is 4.64. The van der Waals surface area contributed by atoms with Crippen LogP contribution in [0.25, 0.3) is 0 Å². The minimum Gasteiger partial charge on any atom is -0.278 e. The summed E-state index contributed by atoms with van der Waals surface area (Å²) in [6, 6.07) is 0. The Balaban J connectivity index is 2.01. The Kier molecular flexibility index (Phi) is 12.9. The highest BCUT2D eigenvalue weighted by Crippen LogP contribution is 2.51. The van der Waals surface area contributed by atoms with Gasteiger partial charge in [0.05, 0.1) is 12.7 Å². The second kappa shape index (κ2) is 14.0. The molecule has 1 rings (SSSR count). The van der Waals surface area contributed by atoms with Crippen LogP contribution in [0.5, 0.6) is 0 Å². The van der Waals surface area contributed by atoms with Crippen molar-refractivity contribution in [1.82, 2.24) is 0 Å². The summed E-state index contributed by atoms with van der Waals surface area (Å²) in [4.78, 5) is 9.41. The summed E-state index contributed by atoms with van der Waals surface area (Å²) >= 11 is 0. The van der Waals surface area contributed by atoms with Crippen LogP contribution in [0.2, 0.25) is 0 Å². The van der Waals surface area contributed by atoms with E-state index in [4.69, 9.17) is 14.1 Å². The summed E-state index contributed by atoms with van der Waals surface area (Å²) in [5.41, 5.74) is 0. The van der Waals surface area contributed by atoms with Crippen molar-refractivity contribution in [2.45, 2.75) is 78.2 Å². The standard InChI is InChI=1S/C15H31O9P/c1-14(2)11-9-7-5-4-6-8-10-12-17-23-25(16)19-15(3)13-18-20-21-22-24-25/h14-15H,4-13H2,1-3H3. The fourth-order valence-corrected chi connectivity index (χ4v) is 3.10. The van der Waals surface area contributed by atoms with Crippen LogP contribution in [0.4, 0.5) is 0 Å². The first-order valence-electron chi connectivity index (χ1n) is 8.93. The van der Waals surface area contributed by atoms with Crippen molar-refractivity contribution in [3.63, 3.8) is 0 Å². The van der Waals surface area contributed by atoms with Gasteiger partial charge in [0.1, 0.15) is 6.61 Å². The molecule has 0 aromatic rings. The van der Waals surface area contributed by atoms with Crippen molar-refractivity contribution in [3.8, 4) is 0 Å². The minimum absolute atomic E-state index is 0.0583. The molecule has 1 heterocycles. The normalized spacial score (nSPS) is 25.5. The predicted molar refractivity (Wildman–Crippen MR) is 87.3 cm³/mol. The third-order valence-electron chi connectivity index (χ3n) is 3.49. The lowest BCUT2D eigenvalue weighted by atomic mass is 10.0. The topological polar surface area (TPSA) is 90.9 Å². The number of phosphoric acid groups is 1. The summed E-state index contributed by atoms with van der Waals surface area (Å²) in [7, 11) is -4.08. The van der Waals surface area contributed by atoms with Crippen molar-refractivity contribution >= 4 is 7.82 Å². The Bertz CT molecular complexity index is 367. The Morgan fingerprint density at radius 2 is 1.68 bits per heavy atom. The molecule has 0 N–H and O–H groups in total. The Hall–Kier alpha value is -0.0900. The van der Waals surface area contributed by atoms with Crippen LogP contribution in [0, 0.1) is 5.92 Å². The van der Waals surface area contributed by atoms with Crippen LogP contribution in [-0.4, -0.2) is 19.3 Å². The lowest BCUT2D eigenvalue weighted by molar-refractivity contribution is -0.692. The molecular weight excluding hydrogens is 355 g/mol. The second-order valence-electron chi connectivity index (χ2n) is 6.48. The van der Waals surface area contributed by atoms with E-state index in [0.717, 1.165) is 25.2 Å². The van der Waals surface area contributed by atoms with Crippen LogP contribution in [0.3, 0.4) is 0 Å². The van der Waals surface area contributed by atoms with E-state index < -0.39 is 13.9 Å². The molecule has 9 nitrogen and oxygen atoms in total. The van der Waals surface area contributed by atoms with Crippen LogP contribution < -0.4 is 0 Å². The fraction of sp³-hybridized carbons (Fsp3) is 1.00. The van der Waals surface area contributed by atoms with E-state index in [2.05, 4.69) is 38.5 Å². The quantitative estimate of drug-likeness (QED) is 0.199. The summed E-state index contributed by atoms with van der Waals surface area (Å²) in [6.07, 6.45) is 8.68. The molecule has 0 aliphatic carbocycles. The molecule has 0 amide bonds. The lowest BCUT2D eigenvalue weighted by Gasteiger charge is -2.16. The molecular formula is C15H31O9P. The van der Waals surface area contributed by atoms with Gasteiger partial charge in [-0.25, -0.2) is 14.3 Å². The van der Waals surface area contributed by atoms with Gasteiger partial charge >= 0.3 is 7.82 Å². The van der Waals surface area contributed by atoms with Crippen molar-refractivity contribution in [1.29, 1.82) is 0 Å². The smallest absolute Gasteiger partial charge is 0.278 e. The maximum absolute atomic E-state index is 12.1. The average Bonchev–Trinajstić information content (AvgIpc) is 2.63. The monoisotopic (exact) mass is 386 g/mol. The summed E-state index contributed by atoms with van der Waals surface area (Å²) in [6.45, 7) is 6.30. The highest BCUT2D eigenvalue weighted by molar-refractivity contribution is 7.48. The zero-order valence-corrected chi connectivity index (χ0v) is 16.2. The van der Waals surface area contributed by atoms with E-state index >= 15 is 0 Å². The van der Waals surface area contributed by atoms with Gasteiger partial charge in [0.2, 0.25) is 0 Å². The molecule has 25 heavy (non-hydrogen) atoms. The van der Waals surface area contributed by atoms with Gasteiger partial charge in [-0.2, -0.15) is 0 Å². The first-order valence-corrected chi connectivity index (χ1v) is 10.4. The van der Waals surface area contributed by atoms with Crippen molar-refractivity contribution in [2.75, 3.05) is 13.2 Å². The van der Waals surface area contributed by atoms with Gasteiger partial charge in [0.25, 0.3) is 0 Å². The van der Waals surface area contributed by atoms with Gasteiger partial charge in [0.15, 0.2) is 0 Å². The number of rotatable bonds is 12. The molecule has 1 fully saturated rings. The summed E-state index contributed by atoms with van der Waals surface area (Å²) < 4.78 is 26.3. The van der Waals surface area contributed by atoms with Crippen LogP contribution in [0.15, 0.2) is 0 Å². The third kappa shape index (κ3) is 12.8. The van der Waals surface area contributed by atoms with E-state index in [0.29, 0.717) is 0 Å². The summed E-state index contributed by atoms with van der Waals surface area (Å²) in [5, 5.41) is 12.1. The maximum Gasteiger partial charge on any atom is 0.532 e. The molecule has 2 unspecified atom stereocenters. The lowest BCUT2D eigenvalue weighted by Crippen LogP contribution is -2.15. The van der Waals surface area contributed by atoms with Crippen molar-refractivity contribution in [2.24, 2.45) is 5.92 Å². The number of hydrogen-bond donors (Lipinski definition) is 0.